The molecule has 0 bridgehead atoms. The highest BCUT2D eigenvalue weighted by atomic mass is 16.2. The number of rotatable bonds is 3. The van der Waals surface area contributed by atoms with Crippen molar-refractivity contribution in [1.82, 2.24) is 9.88 Å². The predicted octanol–water partition coefficient (Wildman–Crippen LogP) is 2.72. The van der Waals surface area contributed by atoms with E-state index in [0.29, 0.717) is 18.7 Å². The van der Waals surface area contributed by atoms with Crippen molar-refractivity contribution in [2.24, 2.45) is 0 Å². The van der Waals surface area contributed by atoms with Gasteiger partial charge in [-0.2, -0.15) is 0 Å². The summed E-state index contributed by atoms with van der Waals surface area (Å²) in [6.45, 7) is 0.573. The average Bonchev–Trinajstić information content (AvgIpc) is 3.06. The van der Waals surface area contributed by atoms with Crippen LogP contribution in [0.15, 0.2) is 54.9 Å². The van der Waals surface area contributed by atoms with E-state index in [4.69, 9.17) is 0 Å². The molecule has 2 aromatic rings. The number of nitrogens with one attached hydrogen (secondary N) is 2. The van der Waals surface area contributed by atoms with Gasteiger partial charge in [-0.25, -0.2) is 4.79 Å². The Kier molecular flexibility index (Phi) is 4.52. The number of para-hydroxylation sites is 1. The molecule has 1 aliphatic rings. The van der Waals surface area contributed by atoms with Crippen molar-refractivity contribution in [2.75, 3.05) is 17.2 Å². The van der Waals surface area contributed by atoms with E-state index in [1.807, 2.05) is 30.3 Å². The van der Waals surface area contributed by atoms with Crippen LogP contribution < -0.4 is 10.6 Å². The number of hydrogen-bond acceptors (Lipinski definition) is 3. The van der Waals surface area contributed by atoms with Crippen molar-refractivity contribution in [2.45, 2.75) is 18.9 Å². The first-order valence-corrected chi connectivity index (χ1v) is 7.57. The topological polar surface area (TPSA) is 74.3 Å². The fraction of sp³-hybridized carbons (Fsp3) is 0.235. The molecule has 118 valence electrons. The van der Waals surface area contributed by atoms with Crippen LogP contribution in [0.4, 0.5) is 16.2 Å². The molecule has 1 saturated heterocycles. The summed E-state index contributed by atoms with van der Waals surface area (Å²) >= 11 is 0. The number of carbonyl (C=O) groups is 2. The lowest BCUT2D eigenvalue weighted by molar-refractivity contribution is -0.119. The molecule has 23 heavy (non-hydrogen) atoms. The number of nitrogens with zero attached hydrogens (tertiary/aromatic N) is 2. The van der Waals surface area contributed by atoms with E-state index < -0.39 is 6.04 Å². The van der Waals surface area contributed by atoms with Crippen molar-refractivity contribution in [3.8, 4) is 0 Å². The third-order valence-electron chi connectivity index (χ3n) is 3.79. The summed E-state index contributed by atoms with van der Waals surface area (Å²) in [5.74, 6) is -0.154. The summed E-state index contributed by atoms with van der Waals surface area (Å²) in [4.78, 5) is 30.3. The number of benzene rings is 1. The van der Waals surface area contributed by atoms with Crippen LogP contribution in [0.1, 0.15) is 12.8 Å². The number of carbonyl (C=O) groups excluding carboxylic acids is 2. The quantitative estimate of drug-likeness (QED) is 0.915. The predicted molar refractivity (Wildman–Crippen MR) is 88.1 cm³/mol. The monoisotopic (exact) mass is 310 g/mol. The summed E-state index contributed by atoms with van der Waals surface area (Å²) < 4.78 is 0. The van der Waals surface area contributed by atoms with Crippen LogP contribution in [0.2, 0.25) is 0 Å². The van der Waals surface area contributed by atoms with Gasteiger partial charge in [0.1, 0.15) is 6.04 Å². The molecule has 1 atom stereocenters. The second-order valence-corrected chi connectivity index (χ2v) is 5.37. The van der Waals surface area contributed by atoms with Gasteiger partial charge in [0.15, 0.2) is 0 Å². The van der Waals surface area contributed by atoms with E-state index in [9.17, 15) is 9.59 Å². The van der Waals surface area contributed by atoms with Gasteiger partial charge >= 0.3 is 6.03 Å². The van der Waals surface area contributed by atoms with E-state index >= 15 is 0 Å². The zero-order valence-electron chi connectivity index (χ0n) is 12.6. The molecule has 1 aromatic carbocycles. The maximum atomic E-state index is 12.4. The van der Waals surface area contributed by atoms with E-state index in [1.54, 1.807) is 29.4 Å². The molecule has 3 rings (SSSR count). The minimum atomic E-state index is -0.447. The van der Waals surface area contributed by atoms with Crippen LogP contribution in [0.25, 0.3) is 0 Å². The second kappa shape index (κ2) is 6.91. The summed E-state index contributed by atoms with van der Waals surface area (Å²) in [5.41, 5.74) is 1.40. The fourth-order valence-corrected chi connectivity index (χ4v) is 2.66. The summed E-state index contributed by atoms with van der Waals surface area (Å²) in [6.07, 6.45) is 4.71. The van der Waals surface area contributed by atoms with Gasteiger partial charge in [-0.05, 0) is 37.1 Å². The smallest absolute Gasteiger partial charge is 0.322 e. The molecular weight excluding hydrogens is 292 g/mol. The van der Waals surface area contributed by atoms with Crippen LogP contribution in [-0.4, -0.2) is 34.4 Å². The fourth-order valence-electron chi connectivity index (χ4n) is 2.66. The van der Waals surface area contributed by atoms with Crippen molar-refractivity contribution >= 4 is 23.3 Å². The van der Waals surface area contributed by atoms with Gasteiger partial charge in [-0.15, -0.1) is 0 Å². The van der Waals surface area contributed by atoms with Gasteiger partial charge in [0, 0.05) is 30.3 Å². The number of aromatic nitrogens is 1. The Morgan fingerprint density at radius 1 is 1.00 bits per heavy atom. The lowest BCUT2D eigenvalue weighted by Crippen LogP contribution is -2.45. The molecular formula is C17H18N4O2. The second-order valence-electron chi connectivity index (χ2n) is 5.37. The Balaban J connectivity index is 1.65. The molecule has 1 fully saturated rings. The molecule has 1 aromatic heterocycles. The average molecular weight is 310 g/mol. The van der Waals surface area contributed by atoms with Crippen LogP contribution in [-0.2, 0) is 4.79 Å². The molecule has 2 heterocycles. The third kappa shape index (κ3) is 3.66. The molecule has 2 N–H and O–H groups in total. The lowest BCUT2D eigenvalue weighted by atomic mass is 10.2. The number of hydrogen-bond donors (Lipinski definition) is 2. The first-order chi connectivity index (χ1) is 11.2. The molecule has 0 aliphatic carbocycles. The van der Waals surface area contributed by atoms with Crippen LogP contribution in [0.5, 0.6) is 0 Å². The Labute approximate surface area is 134 Å². The largest absolute Gasteiger partial charge is 0.324 e. The summed E-state index contributed by atoms with van der Waals surface area (Å²) in [6, 6.07) is 12.0. The zero-order chi connectivity index (χ0) is 16.1. The van der Waals surface area contributed by atoms with Crippen LogP contribution in [0.3, 0.4) is 0 Å². The number of likely N-dealkylation sites (tertiary alicyclic amines) is 1. The molecule has 1 aliphatic heterocycles. The first kappa shape index (κ1) is 15.0. The SMILES string of the molecule is O=C(Nc1ccccc1)[C@@H]1CCCN1C(=O)Nc1ccncc1. The Morgan fingerprint density at radius 2 is 1.70 bits per heavy atom. The molecule has 3 amide bonds. The van der Waals surface area contributed by atoms with E-state index in [1.165, 1.54) is 0 Å². The van der Waals surface area contributed by atoms with Gasteiger partial charge in [0.05, 0.1) is 0 Å². The molecule has 0 spiro atoms. The Morgan fingerprint density at radius 3 is 2.43 bits per heavy atom. The van der Waals surface area contributed by atoms with E-state index in [-0.39, 0.29) is 11.9 Å². The van der Waals surface area contributed by atoms with Crippen molar-refractivity contribution in [1.29, 1.82) is 0 Å². The lowest BCUT2D eigenvalue weighted by Gasteiger charge is -2.24. The van der Waals surface area contributed by atoms with E-state index in [2.05, 4.69) is 15.6 Å². The van der Waals surface area contributed by atoms with Gasteiger partial charge in [0.2, 0.25) is 5.91 Å². The minimum Gasteiger partial charge on any atom is -0.324 e. The number of urea groups is 1. The highest BCUT2D eigenvalue weighted by molar-refractivity contribution is 5.99. The third-order valence-corrected chi connectivity index (χ3v) is 3.79. The Bertz CT molecular complexity index is 616. The maximum Gasteiger partial charge on any atom is 0.322 e. The minimum absolute atomic E-state index is 0.154. The van der Waals surface area contributed by atoms with Gasteiger partial charge < -0.3 is 15.5 Å². The molecule has 0 radical (unpaired) electrons. The number of amides is 3. The summed E-state index contributed by atoms with van der Waals surface area (Å²) in [7, 11) is 0. The number of pyridine rings is 1. The zero-order valence-corrected chi connectivity index (χ0v) is 12.6. The van der Waals surface area contributed by atoms with Gasteiger partial charge in [0.25, 0.3) is 0 Å². The van der Waals surface area contributed by atoms with Crippen molar-refractivity contribution in [3.63, 3.8) is 0 Å². The summed E-state index contributed by atoms with van der Waals surface area (Å²) in [5, 5.41) is 5.66. The van der Waals surface area contributed by atoms with Gasteiger partial charge in [-0.3, -0.25) is 9.78 Å². The molecule has 6 nitrogen and oxygen atoms in total. The van der Waals surface area contributed by atoms with Crippen LogP contribution in [0, 0.1) is 0 Å². The molecule has 0 saturated carbocycles. The van der Waals surface area contributed by atoms with Gasteiger partial charge in [-0.1, -0.05) is 18.2 Å². The highest BCUT2D eigenvalue weighted by Crippen LogP contribution is 2.20. The first-order valence-electron chi connectivity index (χ1n) is 7.57. The van der Waals surface area contributed by atoms with E-state index in [0.717, 1.165) is 12.1 Å². The highest BCUT2D eigenvalue weighted by Gasteiger charge is 2.34. The number of anilines is 2. The van der Waals surface area contributed by atoms with Crippen LogP contribution >= 0.6 is 0 Å². The van der Waals surface area contributed by atoms with Crippen molar-refractivity contribution < 1.29 is 9.59 Å². The molecule has 6 heteroatoms. The van der Waals surface area contributed by atoms with Crippen molar-refractivity contribution in [3.05, 3.63) is 54.9 Å². The Hall–Kier alpha value is -2.89. The molecule has 0 unspecified atom stereocenters. The maximum absolute atomic E-state index is 12.4. The standard InChI is InChI=1S/C17H18N4O2/c22-16(19-13-5-2-1-3-6-13)15-7-4-12-21(15)17(23)20-14-8-10-18-11-9-14/h1-3,5-6,8-11,15H,4,7,12H2,(H,19,22)(H,18,20,23)/t15-/m0/s1. The normalized spacial score (nSPS) is 16.9.